The van der Waals surface area contributed by atoms with Crippen molar-refractivity contribution in [2.24, 2.45) is 5.92 Å². The molecule has 0 aromatic heterocycles. The summed E-state index contributed by atoms with van der Waals surface area (Å²) in [7, 11) is -3.25. The highest BCUT2D eigenvalue weighted by Crippen LogP contribution is 2.32. The van der Waals surface area contributed by atoms with Gasteiger partial charge in [-0.05, 0) is 37.0 Å². The van der Waals surface area contributed by atoms with E-state index in [2.05, 4.69) is 5.32 Å². The molecule has 0 aliphatic carbocycles. The second kappa shape index (κ2) is 7.61. The molecular formula is C17H24N2O5S. The summed E-state index contributed by atoms with van der Waals surface area (Å²) in [6, 6.07) is 5.55. The Morgan fingerprint density at radius 3 is 2.92 bits per heavy atom. The van der Waals surface area contributed by atoms with Gasteiger partial charge in [-0.25, -0.2) is 12.7 Å². The van der Waals surface area contributed by atoms with Crippen molar-refractivity contribution < 1.29 is 22.7 Å². The summed E-state index contributed by atoms with van der Waals surface area (Å²) in [6.45, 7) is 3.23. The van der Waals surface area contributed by atoms with Crippen LogP contribution in [-0.4, -0.2) is 44.3 Å². The van der Waals surface area contributed by atoms with E-state index in [4.69, 9.17) is 9.47 Å². The smallest absolute Gasteiger partial charge is 0.231 e. The first-order chi connectivity index (χ1) is 12.0. The van der Waals surface area contributed by atoms with Crippen LogP contribution >= 0.6 is 0 Å². The van der Waals surface area contributed by atoms with Crippen molar-refractivity contribution in [1.82, 2.24) is 9.62 Å². The van der Waals surface area contributed by atoms with E-state index in [0.29, 0.717) is 43.9 Å². The monoisotopic (exact) mass is 368 g/mol. The number of benzene rings is 1. The fraction of sp³-hybridized carbons (Fsp3) is 0.588. The maximum Gasteiger partial charge on any atom is 0.231 e. The zero-order valence-corrected chi connectivity index (χ0v) is 15.2. The zero-order chi connectivity index (χ0) is 17.9. The second-order valence-electron chi connectivity index (χ2n) is 6.42. The van der Waals surface area contributed by atoms with E-state index >= 15 is 0 Å². The zero-order valence-electron chi connectivity index (χ0n) is 14.4. The lowest BCUT2D eigenvalue weighted by Crippen LogP contribution is -2.45. The summed E-state index contributed by atoms with van der Waals surface area (Å²) in [5, 5.41) is 2.91. The maximum absolute atomic E-state index is 12.4. The molecule has 1 fully saturated rings. The summed E-state index contributed by atoms with van der Waals surface area (Å²) in [5.74, 6) is 1.13. The lowest BCUT2D eigenvalue weighted by Gasteiger charge is -2.31. The summed E-state index contributed by atoms with van der Waals surface area (Å²) in [6.07, 6.45) is 2.01. The van der Waals surface area contributed by atoms with Crippen molar-refractivity contribution in [2.45, 2.75) is 32.7 Å². The van der Waals surface area contributed by atoms with E-state index in [1.165, 1.54) is 4.31 Å². The number of sulfonamides is 1. The van der Waals surface area contributed by atoms with Crippen molar-refractivity contribution in [3.63, 3.8) is 0 Å². The summed E-state index contributed by atoms with van der Waals surface area (Å²) in [5.41, 5.74) is 0.920. The van der Waals surface area contributed by atoms with Crippen LogP contribution in [0.4, 0.5) is 0 Å². The minimum atomic E-state index is -3.25. The second-order valence-corrected chi connectivity index (χ2v) is 8.51. The number of ether oxygens (including phenoxy) is 2. The number of amides is 1. The molecule has 0 bridgehead atoms. The SMILES string of the molecule is CCCS(=O)(=O)N1CCC[C@@H](C(=O)NCc2ccc3c(c2)OCO3)C1. The van der Waals surface area contributed by atoms with Gasteiger partial charge < -0.3 is 14.8 Å². The number of carbonyl (C=O) groups is 1. The van der Waals surface area contributed by atoms with Gasteiger partial charge in [0.2, 0.25) is 22.7 Å². The number of nitrogens with zero attached hydrogens (tertiary/aromatic N) is 1. The van der Waals surface area contributed by atoms with Gasteiger partial charge in [0.25, 0.3) is 0 Å². The number of nitrogens with one attached hydrogen (secondary N) is 1. The number of fused-ring (bicyclic) bond motifs is 1. The Morgan fingerprint density at radius 2 is 2.12 bits per heavy atom. The van der Waals surface area contributed by atoms with Gasteiger partial charge >= 0.3 is 0 Å². The molecule has 0 unspecified atom stereocenters. The number of rotatable bonds is 6. The van der Waals surface area contributed by atoms with Crippen molar-refractivity contribution in [3.8, 4) is 11.5 Å². The van der Waals surface area contributed by atoms with Crippen molar-refractivity contribution in [1.29, 1.82) is 0 Å². The number of piperidine rings is 1. The van der Waals surface area contributed by atoms with Crippen LogP contribution in [-0.2, 0) is 21.4 Å². The molecule has 1 aromatic rings. The molecule has 7 nitrogen and oxygen atoms in total. The van der Waals surface area contributed by atoms with Crippen LogP contribution in [0.5, 0.6) is 11.5 Å². The predicted molar refractivity (Wildman–Crippen MR) is 92.8 cm³/mol. The first-order valence-electron chi connectivity index (χ1n) is 8.63. The first kappa shape index (κ1) is 18.0. The molecule has 2 heterocycles. The van der Waals surface area contributed by atoms with Gasteiger partial charge in [0.05, 0.1) is 11.7 Å². The Balaban J connectivity index is 1.56. The van der Waals surface area contributed by atoms with E-state index in [1.54, 1.807) is 0 Å². The lowest BCUT2D eigenvalue weighted by molar-refractivity contribution is -0.126. The highest BCUT2D eigenvalue weighted by molar-refractivity contribution is 7.89. The molecule has 1 N–H and O–H groups in total. The van der Waals surface area contributed by atoms with Gasteiger partial charge in [-0.15, -0.1) is 0 Å². The van der Waals surface area contributed by atoms with Crippen molar-refractivity contribution in [2.75, 3.05) is 25.6 Å². The number of hydrogen-bond donors (Lipinski definition) is 1. The quantitative estimate of drug-likeness (QED) is 0.822. The van der Waals surface area contributed by atoms with Crippen molar-refractivity contribution >= 4 is 15.9 Å². The topological polar surface area (TPSA) is 84.9 Å². The highest BCUT2D eigenvalue weighted by Gasteiger charge is 2.31. The average molecular weight is 368 g/mol. The predicted octanol–water partition coefficient (Wildman–Crippen LogP) is 1.48. The Morgan fingerprint density at radius 1 is 1.32 bits per heavy atom. The van der Waals surface area contributed by atoms with Gasteiger partial charge in [-0.1, -0.05) is 13.0 Å². The molecule has 138 valence electrons. The molecule has 2 aliphatic rings. The van der Waals surface area contributed by atoms with Crippen LogP contribution in [0.3, 0.4) is 0 Å². The third-order valence-electron chi connectivity index (χ3n) is 4.51. The van der Waals surface area contributed by atoms with E-state index in [-0.39, 0.29) is 30.9 Å². The van der Waals surface area contributed by atoms with Gasteiger partial charge in [-0.3, -0.25) is 4.79 Å². The Kier molecular flexibility index (Phi) is 5.48. The molecule has 0 spiro atoms. The van der Waals surface area contributed by atoms with Crippen LogP contribution in [0.25, 0.3) is 0 Å². The normalized spacial score (nSPS) is 20.4. The van der Waals surface area contributed by atoms with Gasteiger partial charge in [0.1, 0.15) is 0 Å². The van der Waals surface area contributed by atoms with Crippen LogP contribution < -0.4 is 14.8 Å². The maximum atomic E-state index is 12.4. The Hall–Kier alpha value is -1.80. The average Bonchev–Trinajstić information content (AvgIpc) is 3.07. The van der Waals surface area contributed by atoms with Crippen LogP contribution in [0.1, 0.15) is 31.7 Å². The van der Waals surface area contributed by atoms with E-state index < -0.39 is 10.0 Å². The molecular weight excluding hydrogens is 344 g/mol. The fourth-order valence-electron chi connectivity index (χ4n) is 3.18. The molecule has 1 amide bonds. The molecule has 1 saturated heterocycles. The molecule has 25 heavy (non-hydrogen) atoms. The van der Waals surface area contributed by atoms with Crippen LogP contribution in [0, 0.1) is 5.92 Å². The van der Waals surface area contributed by atoms with Gasteiger partial charge in [-0.2, -0.15) is 0 Å². The molecule has 2 aliphatic heterocycles. The van der Waals surface area contributed by atoms with Crippen LogP contribution in [0.15, 0.2) is 18.2 Å². The van der Waals surface area contributed by atoms with Crippen LogP contribution in [0.2, 0.25) is 0 Å². The summed E-state index contributed by atoms with van der Waals surface area (Å²) >= 11 is 0. The summed E-state index contributed by atoms with van der Waals surface area (Å²) in [4.78, 5) is 12.4. The highest BCUT2D eigenvalue weighted by atomic mass is 32.2. The lowest BCUT2D eigenvalue weighted by atomic mass is 9.98. The minimum Gasteiger partial charge on any atom is -0.454 e. The molecule has 3 rings (SSSR count). The first-order valence-corrected chi connectivity index (χ1v) is 10.2. The van der Waals surface area contributed by atoms with E-state index in [9.17, 15) is 13.2 Å². The minimum absolute atomic E-state index is 0.103. The third kappa shape index (κ3) is 4.24. The number of carbonyl (C=O) groups excluding carboxylic acids is 1. The molecule has 1 atom stereocenters. The number of hydrogen-bond acceptors (Lipinski definition) is 5. The summed E-state index contributed by atoms with van der Waals surface area (Å²) < 4.78 is 36.5. The third-order valence-corrected chi connectivity index (χ3v) is 6.56. The standard InChI is InChI=1S/C17H24N2O5S/c1-2-8-25(21,22)19-7-3-4-14(11-19)17(20)18-10-13-5-6-15-16(9-13)24-12-23-15/h5-6,9,14H,2-4,7-8,10-12H2,1H3,(H,18,20)/t14-/m1/s1. The molecule has 0 saturated carbocycles. The largest absolute Gasteiger partial charge is 0.454 e. The van der Waals surface area contributed by atoms with Gasteiger partial charge in [0.15, 0.2) is 11.5 Å². The van der Waals surface area contributed by atoms with Gasteiger partial charge in [0, 0.05) is 19.6 Å². The fourth-order valence-corrected chi connectivity index (χ4v) is 4.77. The molecule has 1 aromatic carbocycles. The molecule has 0 radical (unpaired) electrons. The molecule has 8 heteroatoms. The van der Waals surface area contributed by atoms with Crippen molar-refractivity contribution in [3.05, 3.63) is 23.8 Å². The Bertz CT molecular complexity index is 735. The van der Waals surface area contributed by atoms with E-state index in [1.807, 2.05) is 25.1 Å². The van der Waals surface area contributed by atoms with E-state index in [0.717, 1.165) is 5.56 Å². The Labute approximate surface area is 148 Å².